The van der Waals surface area contributed by atoms with Crippen molar-refractivity contribution in [2.24, 2.45) is 17.6 Å². The average Bonchev–Trinajstić information content (AvgIpc) is 2.97. The summed E-state index contributed by atoms with van der Waals surface area (Å²) in [7, 11) is 0. The van der Waals surface area contributed by atoms with Crippen molar-refractivity contribution in [3.63, 3.8) is 0 Å². The highest BCUT2D eigenvalue weighted by molar-refractivity contribution is 5.85. The molecule has 0 aromatic rings. The lowest BCUT2D eigenvalue weighted by Gasteiger charge is -2.28. The molecule has 6 atom stereocenters. The molecule has 12 nitrogen and oxygen atoms in total. The van der Waals surface area contributed by atoms with Crippen molar-refractivity contribution in [2.45, 2.75) is 168 Å². The number of nitrogens with two attached hydrogens (primary N) is 1. The number of ketones is 2. The number of esters is 2. The smallest absolute Gasteiger partial charge is 0.332 e. The van der Waals surface area contributed by atoms with E-state index in [9.17, 15) is 24.0 Å². The van der Waals surface area contributed by atoms with Gasteiger partial charge in [0.05, 0.1) is 32.7 Å². The molecule has 3 heterocycles. The maximum Gasteiger partial charge on any atom is 0.332 e. The molecule has 0 amide bonds. The molecule has 49 heavy (non-hydrogen) atoms. The van der Waals surface area contributed by atoms with Gasteiger partial charge in [0.25, 0.3) is 0 Å². The Morgan fingerprint density at radius 3 is 1.29 bits per heavy atom. The Kier molecular flexibility index (Phi) is 22.4. The number of aliphatic carboxylic acids is 1. The summed E-state index contributed by atoms with van der Waals surface area (Å²) in [5.41, 5.74) is 4.72. The minimum Gasteiger partial charge on any atom is -0.479 e. The van der Waals surface area contributed by atoms with E-state index in [2.05, 4.69) is 0 Å². The predicted molar refractivity (Wildman–Crippen MR) is 188 cm³/mol. The van der Waals surface area contributed by atoms with E-state index in [1.807, 2.05) is 55.4 Å². The van der Waals surface area contributed by atoms with Gasteiger partial charge in [-0.3, -0.25) is 19.2 Å². The van der Waals surface area contributed by atoms with Crippen LogP contribution in [0, 0.1) is 11.8 Å². The van der Waals surface area contributed by atoms with Gasteiger partial charge in [-0.05, 0) is 105 Å². The third kappa shape index (κ3) is 21.6. The van der Waals surface area contributed by atoms with Crippen molar-refractivity contribution in [1.29, 1.82) is 0 Å². The first kappa shape index (κ1) is 46.9. The van der Waals surface area contributed by atoms with Gasteiger partial charge in [-0.1, -0.05) is 13.8 Å². The molecule has 3 N–H and O–H groups in total. The average molecular weight is 722 g/mol. The van der Waals surface area contributed by atoms with E-state index in [0.29, 0.717) is 58.3 Å². The summed E-state index contributed by atoms with van der Waals surface area (Å²) in [6.07, 6.45) is 7.00. The molecule has 0 aromatic heterocycles. The molecular weight excluding hydrogens is 658 g/mol. The van der Waals surface area contributed by atoms with Crippen LogP contribution in [0.2, 0.25) is 0 Å². The maximum atomic E-state index is 11.7. The molecular formula is C36H64ClNO11. The number of halogens is 1. The third-order valence-electron chi connectivity index (χ3n) is 7.79. The number of carbonyl (C=O) groups excluding carboxylic acids is 4. The lowest BCUT2D eigenvalue weighted by Crippen LogP contribution is -2.38. The van der Waals surface area contributed by atoms with Gasteiger partial charge in [-0.2, -0.15) is 0 Å². The topological polar surface area (TPSA) is 178 Å². The van der Waals surface area contributed by atoms with Gasteiger partial charge in [0.2, 0.25) is 0 Å². The van der Waals surface area contributed by atoms with Gasteiger partial charge in [0.15, 0.2) is 17.7 Å². The van der Waals surface area contributed by atoms with E-state index in [-0.39, 0.29) is 66.0 Å². The summed E-state index contributed by atoms with van der Waals surface area (Å²) in [6.45, 7) is 16.4. The van der Waals surface area contributed by atoms with E-state index in [1.54, 1.807) is 0 Å². The first-order valence-electron chi connectivity index (χ1n) is 17.7. The summed E-state index contributed by atoms with van der Waals surface area (Å²) < 4.78 is 26.6. The van der Waals surface area contributed by atoms with Crippen LogP contribution in [-0.2, 0) is 47.7 Å². The summed E-state index contributed by atoms with van der Waals surface area (Å²) in [4.78, 5) is 56.9. The molecule has 0 radical (unpaired) electrons. The highest BCUT2D eigenvalue weighted by atomic mass is 35.5. The number of hydrogen-bond acceptors (Lipinski definition) is 11. The second kappa shape index (κ2) is 23.4. The molecule has 3 rings (SSSR count). The predicted octanol–water partition coefficient (Wildman–Crippen LogP) is 5.76. The number of ether oxygens (including phenoxy) is 5. The number of Topliss-reactive ketones (excluding diaryl/α,β-unsaturated/α-hetero) is 2. The van der Waals surface area contributed by atoms with Gasteiger partial charge in [0.1, 0.15) is 23.4 Å². The Morgan fingerprint density at radius 1 is 0.633 bits per heavy atom. The second-order valence-corrected chi connectivity index (χ2v) is 15.0. The molecule has 0 bridgehead atoms. The van der Waals surface area contributed by atoms with Crippen LogP contribution in [0.4, 0.5) is 0 Å². The zero-order valence-electron chi connectivity index (χ0n) is 31.1. The van der Waals surface area contributed by atoms with Crippen molar-refractivity contribution in [1.82, 2.24) is 0 Å². The molecule has 3 fully saturated rings. The first-order valence-corrected chi connectivity index (χ1v) is 17.7. The van der Waals surface area contributed by atoms with Crippen LogP contribution >= 0.6 is 12.4 Å². The van der Waals surface area contributed by atoms with Crippen molar-refractivity contribution >= 4 is 41.9 Å². The molecule has 13 heteroatoms. The van der Waals surface area contributed by atoms with E-state index in [4.69, 9.17) is 34.5 Å². The molecule has 0 aliphatic carbocycles. The molecule has 3 saturated heterocycles. The first-order chi connectivity index (χ1) is 22.3. The van der Waals surface area contributed by atoms with Crippen molar-refractivity contribution in [2.75, 3.05) is 19.8 Å². The van der Waals surface area contributed by atoms with E-state index in [1.165, 1.54) is 0 Å². The number of hydrogen-bond donors (Lipinski definition) is 2. The molecule has 0 unspecified atom stereocenters. The quantitative estimate of drug-likeness (QED) is 0.247. The van der Waals surface area contributed by atoms with Crippen LogP contribution in [0.5, 0.6) is 0 Å². The van der Waals surface area contributed by atoms with Gasteiger partial charge in [0, 0.05) is 18.9 Å². The van der Waals surface area contributed by atoms with Gasteiger partial charge in [-0.15, -0.1) is 12.4 Å². The molecule has 286 valence electrons. The number of carboxylic acid groups (broad SMARTS) is 1. The Bertz CT molecular complexity index is 999. The largest absolute Gasteiger partial charge is 0.479 e. The standard InChI is InChI=1S/C15H26O4.C12H20O5.C9H17NO2.ClH/c1-5-6-12(16)13-8-7-11(10-18-13)9-14(17)19-15(2,3)4;1-12(2,3)17-10(13)6-8-4-5-9(11(14)15)16-7-8;1-2-3-8(11)9-5-4-7(10)6-12-9;/h11,13H,5-10H2,1-4H3;8-9H,4-7H2,1-3H3,(H,14,15);7,9H,2-6,10H2,1H3;1H/t11-,13-;8-,9-;7-,9+;/m001./s1. The van der Waals surface area contributed by atoms with E-state index >= 15 is 0 Å². The van der Waals surface area contributed by atoms with Crippen LogP contribution in [0.25, 0.3) is 0 Å². The van der Waals surface area contributed by atoms with E-state index < -0.39 is 23.3 Å². The van der Waals surface area contributed by atoms with Gasteiger partial charge in [-0.25, -0.2) is 4.79 Å². The Labute approximate surface area is 299 Å². The molecule has 0 aromatic carbocycles. The molecule has 0 saturated carbocycles. The van der Waals surface area contributed by atoms with Crippen molar-refractivity contribution in [3.8, 4) is 0 Å². The molecule has 3 aliphatic heterocycles. The van der Waals surface area contributed by atoms with Gasteiger partial charge < -0.3 is 34.5 Å². The molecule has 3 aliphatic rings. The lowest BCUT2D eigenvalue weighted by atomic mass is 9.93. The number of carbonyl (C=O) groups is 5. The minimum atomic E-state index is -0.930. The third-order valence-corrected chi connectivity index (χ3v) is 7.79. The van der Waals surface area contributed by atoms with E-state index in [0.717, 1.165) is 38.5 Å². The number of rotatable bonds is 11. The Balaban J connectivity index is 0.000000715. The fourth-order valence-electron chi connectivity index (χ4n) is 5.46. The highest BCUT2D eigenvalue weighted by Crippen LogP contribution is 2.25. The second-order valence-electron chi connectivity index (χ2n) is 15.0. The summed E-state index contributed by atoms with van der Waals surface area (Å²) in [6, 6.07) is 0.135. The highest BCUT2D eigenvalue weighted by Gasteiger charge is 2.30. The Morgan fingerprint density at radius 2 is 1.00 bits per heavy atom. The number of carboxylic acids is 1. The van der Waals surface area contributed by atoms with Crippen LogP contribution in [0.3, 0.4) is 0 Å². The zero-order chi connectivity index (χ0) is 36.5. The van der Waals surface area contributed by atoms with Crippen LogP contribution in [0.1, 0.15) is 132 Å². The maximum absolute atomic E-state index is 11.7. The summed E-state index contributed by atoms with van der Waals surface area (Å²) >= 11 is 0. The molecule has 0 spiro atoms. The van der Waals surface area contributed by atoms with Gasteiger partial charge >= 0.3 is 17.9 Å². The fraction of sp³-hybridized carbons (Fsp3) is 0.861. The van der Waals surface area contributed by atoms with Crippen LogP contribution in [-0.4, -0.2) is 90.0 Å². The van der Waals surface area contributed by atoms with Crippen LogP contribution < -0.4 is 5.73 Å². The lowest BCUT2D eigenvalue weighted by molar-refractivity contribution is -0.161. The SMILES string of the molecule is CC(C)(C)OC(=O)C[C@@H]1CC[C@@H](C(=O)O)OC1.CCCC(=O)[C@@H]1CC[C@@H](CC(=O)OC(C)(C)C)CO1.CCCC(=O)[C@@H]1CC[C@@H](N)CO1.Cl. The zero-order valence-corrected chi connectivity index (χ0v) is 31.9. The van der Waals surface area contributed by atoms with Crippen LogP contribution in [0.15, 0.2) is 0 Å². The van der Waals surface area contributed by atoms with Crippen molar-refractivity contribution in [3.05, 3.63) is 0 Å². The Hall–Kier alpha value is -2.12. The van der Waals surface area contributed by atoms with Crippen molar-refractivity contribution < 1.29 is 52.8 Å². The minimum absolute atomic E-state index is 0. The fourth-order valence-corrected chi connectivity index (χ4v) is 5.46. The normalized spacial score (nSPS) is 25.5. The summed E-state index contributed by atoms with van der Waals surface area (Å²) in [5.74, 6) is -0.677. The summed E-state index contributed by atoms with van der Waals surface area (Å²) in [5, 5.41) is 8.74. The monoisotopic (exact) mass is 721 g/mol.